The largest absolute Gasteiger partial charge is 0.412 e. The van der Waals surface area contributed by atoms with Crippen LogP contribution in [-0.4, -0.2) is 46.1 Å². The minimum absolute atomic E-state index is 0. The van der Waals surface area contributed by atoms with Crippen molar-refractivity contribution in [1.29, 1.82) is 0 Å². The third-order valence-electron chi connectivity index (χ3n) is 3.57. The van der Waals surface area contributed by atoms with Crippen LogP contribution < -0.4 is 0 Å². The van der Waals surface area contributed by atoms with E-state index in [0.717, 1.165) is 37.0 Å². The monoisotopic (exact) mass is 432 g/mol. The first-order chi connectivity index (χ1) is 11.3. The van der Waals surface area contributed by atoms with Gasteiger partial charge in [0.2, 0.25) is 0 Å². The molecule has 7 N–H and O–H groups in total. The first-order valence-corrected chi connectivity index (χ1v) is 10.1. The first-order valence-electron chi connectivity index (χ1n) is 10.1. The molecule has 0 fully saturated rings. The van der Waals surface area contributed by atoms with Crippen LogP contribution in [0.15, 0.2) is 0 Å². The maximum atomic E-state index is 8.38. The Labute approximate surface area is 184 Å². The van der Waals surface area contributed by atoms with E-state index >= 15 is 0 Å². The Morgan fingerprint density at radius 3 is 0.741 bits per heavy atom. The molecule has 0 aliphatic carbocycles. The second kappa shape index (κ2) is 37.3. The quantitative estimate of drug-likeness (QED) is 0.321. The number of aliphatic hydroxyl groups is 3. The van der Waals surface area contributed by atoms with Crippen LogP contribution >= 0.6 is 0 Å². The molecular formula is C21H52O5Ti. The van der Waals surface area contributed by atoms with Crippen LogP contribution in [0.25, 0.3) is 0 Å². The molecule has 0 aromatic carbocycles. The molecule has 0 aliphatic rings. The molecule has 0 aromatic heterocycles. The molecule has 0 unspecified atom stereocenters. The molecule has 0 saturated heterocycles. The standard InChI is InChI=1S/3C7H16O.2H2O.Ti/c3*1-7(2)5-3-4-6-8;;;/h3*7-8H,3-6H2,1-2H3;2*1H2;. The molecule has 5 nitrogen and oxygen atoms in total. The summed E-state index contributed by atoms with van der Waals surface area (Å²) in [5, 5.41) is 25.1. The van der Waals surface area contributed by atoms with Gasteiger partial charge in [0, 0.05) is 41.5 Å². The Hall–Kier alpha value is 0.514. The average molecular weight is 433 g/mol. The van der Waals surface area contributed by atoms with E-state index in [9.17, 15) is 0 Å². The minimum atomic E-state index is 0. The van der Waals surface area contributed by atoms with Gasteiger partial charge in [0.25, 0.3) is 0 Å². The summed E-state index contributed by atoms with van der Waals surface area (Å²) in [4.78, 5) is 0. The smallest absolute Gasteiger partial charge is 0.0431 e. The Morgan fingerprint density at radius 2 is 0.630 bits per heavy atom. The van der Waals surface area contributed by atoms with Gasteiger partial charge in [-0.15, -0.1) is 0 Å². The maximum absolute atomic E-state index is 8.38. The van der Waals surface area contributed by atoms with Crippen molar-refractivity contribution in [2.45, 2.75) is 99.3 Å². The summed E-state index contributed by atoms with van der Waals surface area (Å²) in [7, 11) is 0. The van der Waals surface area contributed by atoms with E-state index in [4.69, 9.17) is 15.3 Å². The van der Waals surface area contributed by atoms with Crippen molar-refractivity contribution in [3.63, 3.8) is 0 Å². The number of unbranched alkanes of at least 4 members (excludes halogenated alkanes) is 3. The van der Waals surface area contributed by atoms with Crippen molar-refractivity contribution in [2.75, 3.05) is 19.8 Å². The predicted octanol–water partition coefficient (Wildman–Crippen LogP) is 3.76. The van der Waals surface area contributed by atoms with Gasteiger partial charge in [-0.25, -0.2) is 0 Å². The molecule has 170 valence electrons. The second-order valence-corrected chi connectivity index (χ2v) is 7.84. The zero-order valence-corrected chi connectivity index (χ0v) is 20.6. The summed E-state index contributed by atoms with van der Waals surface area (Å²) in [5.41, 5.74) is 0. The van der Waals surface area contributed by atoms with Crippen molar-refractivity contribution in [3.8, 4) is 0 Å². The molecule has 0 heterocycles. The predicted molar refractivity (Wildman–Crippen MR) is 115 cm³/mol. The number of rotatable bonds is 12. The van der Waals surface area contributed by atoms with Gasteiger partial charge in [-0.3, -0.25) is 0 Å². The van der Waals surface area contributed by atoms with Gasteiger partial charge >= 0.3 is 0 Å². The van der Waals surface area contributed by atoms with Crippen molar-refractivity contribution in [3.05, 3.63) is 0 Å². The van der Waals surface area contributed by atoms with Crippen LogP contribution in [0.1, 0.15) is 99.3 Å². The van der Waals surface area contributed by atoms with Gasteiger partial charge in [0.05, 0.1) is 0 Å². The SMILES string of the molecule is CC(C)CCCCO.CC(C)CCCCO.CC(C)CCCCO.O.O.[Ti]. The molecule has 0 spiro atoms. The van der Waals surface area contributed by atoms with Crippen molar-refractivity contribution < 1.29 is 48.0 Å². The van der Waals surface area contributed by atoms with Crippen LogP contribution in [0.4, 0.5) is 0 Å². The molecule has 0 bridgehead atoms. The van der Waals surface area contributed by atoms with Gasteiger partial charge in [0.1, 0.15) is 0 Å². The van der Waals surface area contributed by atoms with Crippen molar-refractivity contribution in [1.82, 2.24) is 0 Å². The van der Waals surface area contributed by atoms with Crippen LogP contribution in [-0.2, 0) is 21.7 Å². The van der Waals surface area contributed by atoms with E-state index in [0.29, 0.717) is 19.8 Å². The van der Waals surface area contributed by atoms with E-state index in [1.54, 1.807) is 0 Å². The molecule has 27 heavy (non-hydrogen) atoms. The Balaban J connectivity index is -0.0000000580. The molecule has 0 amide bonds. The summed E-state index contributed by atoms with van der Waals surface area (Å²) < 4.78 is 0. The summed E-state index contributed by atoms with van der Waals surface area (Å²) in [5.74, 6) is 2.38. The van der Waals surface area contributed by atoms with E-state index in [1.165, 1.54) is 38.5 Å². The molecule has 0 aliphatic heterocycles. The number of hydrogen-bond donors (Lipinski definition) is 3. The van der Waals surface area contributed by atoms with Crippen LogP contribution in [0.3, 0.4) is 0 Å². The maximum Gasteiger partial charge on any atom is 0.0431 e. The summed E-state index contributed by atoms with van der Waals surface area (Å²) in [6.07, 6.45) is 10.2. The van der Waals surface area contributed by atoms with E-state index < -0.39 is 0 Å². The van der Waals surface area contributed by atoms with Crippen molar-refractivity contribution in [2.24, 2.45) is 17.8 Å². The zero-order valence-electron chi connectivity index (χ0n) is 19.1. The Morgan fingerprint density at radius 1 is 0.444 bits per heavy atom. The van der Waals surface area contributed by atoms with E-state index in [1.807, 2.05) is 0 Å². The average Bonchev–Trinajstić information content (AvgIpc) is 2.48. The normalized spacial score (nSPS) is 9.33. The fourth-order valence-corrected chi connectivity index (χ4v) is 1.99. The topological polar surface area (TPSA) is 124 Å². The molecule has 0 saturated carbocycles. The fraction of sp³-hybridized carbons (Fsp3) is 1.00. The summed E-state index contributed by atoms with van der Waals surface area (Å²) in [6.45, 7) is 14.3. The Bertz CT molecular complexity index is 170. The number of hydrogen-bond acceptors (Lipinski definition) is 3. The number of aliphatic hydroxyl groups excluding tert-OH is 3. The fourth-order valence-electron chi connectivity index (χ4n) is 1.99. The van der Waals surface area contributed by atoms with Crippen LogP contribution in [0, 0.1) is 17.8 Å². The van der Waals surface area contributed by atoms with E-state index in [2.05, 4.69) is 41.5 Å². The first kappa shape index (κ1) is 41.8. The van der Waals surface area contributed by atoms with Crippen molar-refractivity contribution >= 4 is 0 Å². The van der Waals surface area contributed by atoms with Gasteiger partial charge in [-0.2, -0.15) is 0 Å². The third-order valence-corrected chi connectivity index (χ3v) is 3.57. The van der Waals surface area contributed by atoms with Gasteiger partial charge in [0.15, 0.2) is 0 Å². The summed E-state index contributed by atoms with van der Waals surface area (Å²) in [6, 6.07) is 0. The second-order valence-electron chi connectivity index (χ2n) is 7.84. The summed E-state index contributed by atoms with van der Waals surface area (Å²) >= 11 is 0. The molecule has 6 heteroatoms. The third kappa shape index (κ3) is 66.2. The van der Waals surface area contributed by atoms with Gasteiger partial charge in [-0.05, 0) is 37.0 Å². The molecule has 0 rings (SSSR count). The van der Waals surface area contributed by atoms with Crippen LogP contribution in [0.5, 0.6) is 0 Å². The molecule has 0 atom stereocenters. The van der Waals surface area contributed by atoms with Crippen LogP contribution in [0.2, 0.25) is 0 Å². The molecular weight excluding hydrogens is 380 g/mol. The van der Waals surface area contributed by atoms with E-state index in [-0.39, 0.29) is 32.7 Å². The Kier molecular flexibility index (Phi) is 57.7. The van der Waals surface area contributed by atoms with Gasteiger partial charge in [-0.1, -0.05) is 80.1 Å². The van der Waals surface area contributed by atoms with Gasteiger partial charge < -0.3 is 26.3 Å². The molecule has 0 radical (unpaired) electrons. The molecule has 0 aromatic rings. The minimum Gasteiger partial charge on any atom is -0.412 e. The zero-order chi connectivity index (χ0) is 19.2.